The molecule has 0 aliphatic heterocycles. The molecule has 4 rings (SSSR count). The molecule has 1 aromatic carbocycles. The van der Waals surface area contributed by atoms with Gasteiger partial charge in [-0.2, -0.15) is 0 Å². The van der Waals surface area contributed by atoms with Crippen LogP contribution in [0.2, 0.25) is 0 Å². The number of methoxy groups -OCH3 is 1. The minimum Gasteiger partial charge on any atom is -0.384 e. The van der Waals surface area contributed by atoms with Gasteiger partial charge in [0, 0.05) is 18.7 Å². The SMILES string of the molecule is COCCS(=O)(=O)C(C(=O)NCC(=O)NC1CC1)c1nc2cc(-c3ccc(F)cn3)ccc2s1. The van der Waals surface area contributed by atoms with Gasteiger partial charge in [-0.15, -0.1) is 11.3 Å². The number of fused-ring (bicyclic) bond motifs is 1. The summed E-state index contributed by atoms with van der Waals surface area (Å²) in [5, 5.41) is 3.69. The lowest BCUT2D eigenvalue weighted by Gasteiger charge is -2.15. The highest BCUT2D eigenvalue weighted by atomic mass is 32.2. The summed E-state index contributed by atoms with van der Waals surface area (Å²) in [6.45, 7) is -0.406. The van der Waals surface area contributed by atoms with Gasteiger partial charge in [0.1, 0.15) is 10.8 Å². The topological polar surface area (TPSA) is 127 Å². The lowest BCUT2D eigenvalue weighted by Crippen LogP contribution is -2.41. The van der Waals surface area contributed by atoms with Crippen molar-refractivity contribution in [1.82, 2.24) is 20.6 Å². The van der Waals surface area contributed by atoms with Crippen molar-refractivity contribution in [1.29, 1.82) is 0 Å². The van der Waals surface area contributed by atoms with Crippen LogP contribution < -0.4 is 10.6 Å². The smallest absolute Gasteiger partial charge is 0.245 e. The molecule has 12 heteroatoms. The van der Waals surface area contributed by atoms with Gasteiger partial charge in [-0.25, -0.2) is 17.8 Å². The Morgan fingerprint density at radius 1 is 1.26 bits per heavy atom. The Hall–Kier alpha value is -2.96. The molecule has 2 heterocycles. The molecule has 180 valence electrons. The molecule has 34 heavy (non-hydrogen) atoms. The summed E-state index contributed by atoms with van der Waals surface area (Å²) in [4.78, 5) is 33.4. The van der Waals surface area contributed by atoms with E-state index in [1.54, 1.807) is 18.2 Å². The third kappa shape index (κ3) is 5.75. The molecule has 0 saturated heterocycles. The number of amides is 2. The van der Waals surface area contributed by atoms with Gasteiger partial charge in [-0.3, -0.25) is 14.6 Å². The Morgan fingerprint density at radius 3 is 2.74 bits per heavy atom. The summed E-state index contributed by atoms with van der Waals surface area (Å²) < 4.78 is 44.9. The standard InChI is InChI=1S/C22H23FN4O5S2/c1-32-8-9-34(30,31)20(21(29)25-12-19(28)26-15-4-5-15)22-27-17-10-13(2-7-18(17)33-22)16-6-3-14(23)11-24-16/h2-3,6-7,10-11,15,20H,4-5,8-9,12H2,1H3,(H,25,29)(H,26,28). The van der Waals surface area contributed by atoms with E-state index in [9.17, 15) is 22.4 Å². The first kappa shape index (κ1) is 24.2. The summed E-state index contributed by atoms with van der Waals surface area (Å²) in [7, 11) is -2.61. The van der Waals surface area contributed by atoms with E-state index in [1.807, 2.05) is 0 Å². The van der Waals surface area contributed by atoms with Crippen molar-refractivity contribution in [2.75, 3.05) is 26.0 Å². The van der Waals surface area contributed by atoms with Crippen LogP contribution in [0.5, 0.6) is 0 Å². The van der Waals surface area contributed by atoms with E-state index in [-0.39, 0.29) is 35.9 Å². The van der Waals surface area contributed by atoms with E-state index in [1.165, 1.54) is 19.2 Å². The molecule has 0 bridgehead atoms. The lowest BCUT2D eigenvalue weighted by molar-refractivity contribution is -0.126. The predicted molar refractivity (Wildman–Crippen MR) is 125 cm³/mol. The number of sulfone groups is 1. The average molecular weight is 507 g/mol. The van der Waals surface area contributed by atoms with Crippen molar-refractivity contribution >= 4 is 43.2 Å². The molecule has 0 radical (unpaired) electrons. The average Bonchev–Trinajstić information content (AvgIpc) is 3.52. The molecule has 3 aromatic rings. The van der Waals surface area contributed by atoms with Crippen LogP contribution in [-0.4, -0.2) is 62.3 Å². The van der Waals surface area contributed by atoms with Crippen LogP contribution in [-0.2, 0) is 24.2 Å². The van der Waals surface area contributed by atoms with E-state index >= 15 is 0 Å². The molecule has 1 atom stereocenters. The Bertz CT molecular complexity index is 1310. The maximum atomic E-state index is 13.2. The number of nitrogens with one attached hydrogen (secondary N) is 2. The molecule has 2 N–H and O–H groups in total. The highest BCUT2D eigenvalue weighted by Gasteiger charge is 2.37. The second kappa shape index (κ2) is 10.1. The van der Waals surface area contributed by atoms with Gasteiger partial charge in [0.2, 0.25) is 11.8 Å². The van der Waals surface area contributed by atoms with Crippen LogP contribution >= 0.6 is 11.3 Å². The van der Waals surface area contributed by atoms with Crippen LogP contribution in [0.15, 0.2) is 36.5 Å². The van der Waals surface area contributed by atoms with Crippen molar-refractivity contribution in [2.24, 2.45) is 0 Å². The molecular weight excluding hydrogens is 483 g/mol. The molecule has 0 spiro atoms. The fourth-order valence-corrected chi connectivity index (χ4v) is 6.19. The van der Waals surface area contributed by atoms with Crippen molar-refractivity contribution < 1.29 is 27.1 Å². The molecule has 9 nitrogen and oxygen atoms in total. The zero-order valence-corrected chi connectivity index (χ0v) is 19.9. The van der Waals surface area contributed by atoms with E-state index < -0.39 is 26.8 Å². The quantitative estimate of drug-likeness (QED) is 0.431. The second-order valence-electron chi connectivity index (χ2n) is 7.90. The van der Waals surface area contributed by atoms with Crippen LogP contribution in [0.1, 0.15) is 23.1 Å². The zero-order valence-electron chi connectivity index (χ0n) is 18.3. The van der Waals surface area contributed by atoms with Gasteiger partial charge >= 0.3 is 0 Å². The first-order valence-corrected chi connectivity index (χ1v) is 13.1. The molecule has 2 amide bonds. The monoisotopic (exact) mass is 506 g/mol. The summed E-state index contributed by atoms with van der Waals surface area (Å²) in [5.74, 6) is -2.02. The normalized spacial score (nSPS) is 14.6. The van der Waals surface area contributed by atoms with Crippen molar-refractivity contribution in [2.45, 2.75) is 24.1 Å². The van der Waals surface area contributed by atoms with Crippen LogP contribution in [0, 0.1) is 5.82 Å². The number of pyridine rings is 1. The minimum absolute atomic E-state index is 0.0838. The van der Waals surface area contributed by atoms with E-state index in [2.05, 4.69) is 20.6 Å². The Labute approximate surface area is 199 Å². The van der Waals surface area contributed by atoms with Gasteiger partial charge in [0.05, 0.1) is 41.0 Å². The van der Waals surface area contributed by atoms with E-state index in [4.69, 9.17) is 4.74 Å². The fourth-order valence-electron chi connectivity index (χ4n) is 3.28. The third-order valence-corrected chi connectivity index (χ3v) is 8.33. The van der Waals surface area contributed by atoms with Crippen molar-refractivity contribution in [3.05, 3.63) is 47.4 Å². The van der Waals surface area contributed by atoms with Gasteiger partial charge in [0.15, 0.2) is 15.1 Å². The molecular formula is C22H23FN4O5S2. The number of rotatable bonds is 10. The predicted octanol–water partition coefficient (Wildman–Crippen LogP) is 1.99. The highest BCUT2D eigenvalue weighted by molar-refractivity contribution is 7.92. The highest BCUT2D eigenvalue weighted by Crippen LogP contribution is 2.33. The Balaban J connectivity index is 1.62. The Morgan fingerprint density at radius 2 is 2.06 bits per heavy atom. The largest absolute Gasteiger partial charge is 0.384 e. The maximum absolute atomic E-state index is 13.2. The number of carbonyl (C=O) groups is 2. The van der Waals surface area contributed by atoms with Crippen LogP contribution in [0.3, 0.4) is 0 Å². The Kier molecular flexibility index (Phi) is 7.19. The van der Waals surface area contributed by atoms with Gasteiger partial charge in [0.25, 0.3) is 0 Å². The van der Waals surface area contributed by atoms with Crippen molar-refractivity contribution in [3.8, 4) is 11.3 Å². The first-order valence-electron chi connectivity index (χ1n) is 10.6. The number of aromatic nitrogens is 2. The lowest BCUT2D eigenvalue weighted by atomic mass is 10.1. The van der Waals surface area contributed by atoms with E-state index in [0.717, 1.165) is 30.4 Å². The van der Waals surface area contributed by atoms with Crippen molar-refractivity contribution in [3.63, 3.8) is 0 Å². The number of benzene rings is 1. The number of carbonyl (C=O) groups excluding carboxylic acids is 2. The summed E-state index contributed by atoms with van der Waals surface area (Å²) in [6.07, 6.45) is 2.90. The number of hydrogen-bond donors (Lipinski definition) is 2. The fraction of sp³-hybridized carbons (Fsp3) is 0.364. The first-order chi connectivity index (χ1) is 16.3. The van der Waals surface area contributed by atoms with Crippen LogP contribution in [0.4, 0.5) is 4.39 Å². The molecule has 1 aliphatic rings. The van der Waals surface area contributed by atoms with E-state index in [0.29, 0.717) is 21.5 Å². The molecule has 1 unspecified atom stereocenters. The minimum atomic E-state index is -3.98. The number of halogens is 1. The molecule has 1 aliphatic carbocycles. The molecule has 2 aromatic heterocycles. The molecule has 1 fully saturated rings. The summed E-state index contributed by atoms with van der Waals surface area (Å²) in [6, 6.07) is 8.16. The second-order valence-corrected chi connectivity index (χ2v) is 11.2. The number of thiazole rings is 1. The van der Waals surface area contributed by atoms with Crippen LogP contribution in [0.25, 0.3) is 21.5 Å². The summed E-state index contributed by atoms with van der Waals surface area (Å²) in [5.41, 5.74) is 1.68. The number of nitrogens with zero attached hydrogens (tertiary/aromatic N) is 2. The van der Waals surface area contributed by atoms with Gasteiger partial charge in [-0.1, -0.05) is 6.07 Å². The maximum Gasteiger partial charge on any atom is 0.245 e. The third-order valence-electron chi connectivity index (χ3n) is 5.19. The molecule has 1 saturated carbocycles. The van der Waals surface area contributed by atoms with Gasteiger partial charge in [-0.05, 0) is 37.1 Å². The number of hydrogen-bond acceptors (Lipinski definition) is 8. The number of ether oxygens (including phenoxy) is 1. The zero-order chi connectivity index (χ0) is 24.3. The van der Waals surface area contributed by atoms with Gasteiger partial charge < -0.3 is 15.4 Å². The summed E-state index contributed by atoms with van der Waals surface area (Å²) >= 11 is 1.08.